The SMILES string of the molecule is Cc1ccc(NC(=O)C2CC(=O)Nc3nc(Nc4cccc(Cl)c4)[nH]c(=O)c32)cc1C. The maximum absolute atomic E-state index is 12.9. The number of aromatic amines is 1. The molecule has 0 saturated heterocycles. The Morgan fingerprint density at radius 3 is 2.65 bits per heavy atom. The van der Waals surface area contributed by atoms with E-state index >= 15 is 0 Å². The summed E-state index contributed by atoms with van der Waals surface area (Å²) < 4.78 is 0. The second-order valence-corrected chi connectivity index (χ2v) is 7.84. The molecule has 2 amide bonds. The molecule has 31 heavy (non-hydrogen) atoms. The van der Waals surface area contributed by atoms with E-state index in [-0.39, 0.29) is 29.7 Å². The second-order valence-electron chi connectivity index (χ2n) is 7.41. The number of fused-ring (bicyclic) bond motifs is 1. The Labute approximate surface area is 183 Å². The van der Waals surface area contributed by atoms with Crippen molar-refractivity contribution in [3.8, 4) is 0 Å². The molecule has 2 aromatic carbocycles. The van der Waals surface area contributed by atoms with Crippen LogP contribution in [-0.4, -0.2) is 21.8 Å². The molecule has 4 rings (SSSR count). The number of aryl methyl sites for hydroxylation is 2. The van der Waals surface area contributed by atoms with E-state index in [4.69, 9.17) is 11.6 Å². The van der Waals surface area contributed by atoms with Gasteiger partial charge in [-0.1, -0.05) is 23.7 Å². The number of benzene rings is 2. The van der Waals surface area contributed by atoms with Gasteiger partial charge in [0.15, 0.2) is 0 Å². The smallest absolute Gasteiger partial charge is 0.258 e. The van der Waals surface area contributed by atoms with Crippen molar-refractivity contribution in [1.82, 2.24) is 9.97 Å². The number of hydrogen-bond donors (Lipinski definition) is 4. The van der Waals surface area contributed by atoms with Crippen molar-refractivity contribution < 1.29 is 9.59 Å². The largest absolute Gasteiger partial charge is 0.326 e. The van der Waals surface area contributed by atoms with Crippen LogP contribution in [0.2, 0.25) is 5.02 Å². The summed E-state index contributed by atoms with van der Waals surface area (Å²) in [7, 11) is 0. The van der Waals surface area contributed by atoms with E-state index in [1.807, 2.05) is 26.0 Å². The fourth-order valence-electron chi connectivity index (χ4n) is 3.41. The van der Waals surface area contributed by atoms with Gasteiger partial charge in [0.05, 0.1) is 11.5 Å². The Kier molecular flexibility index (Phi) is 5.48. The number of nitrogens with zero attached hydrogens (tertiary/aromatic N) is 1. The van der Waals surface area contributed by atoms with Crippen molar-refractivity contribution in [3.63, 3.8) is 0 Å². The number of carbonyl (C=O) groups is 2. The van der Waals surface area contributed by atoms with Gasteiger partial charge >= 0.3 is 0 Å². The summed E-state index contributed by atoms with van der Waals surface area (Å²) in [6.45, 7) is 3.92. The molecule has 3 aromatic rings. The monoisotopic (exact) mass is 437 g/mol. The Morgan fingerprint density at radius 1 is 1.10 bits per heavy atom. The highest BCUT2D eigenvalue weighted by Crippen LogP contribution is 2.30. The van der Waals surface area contributed by atoms with Gasteiger partial charge in [0, 0.05) is 22.8 Å². The fraction of sp³-hybridized carbons (Fsp3) is 0.182. The minimum atomic E-state index is -0.957. The normalized spacial score (nSPS) is 15.1. The quantitative estimate of drug-likeness (QED) is 0.494. The molecule has 9 heteroatoms. The number of aromatic nitrogens is 2. The zero-order chi connectivity index (χ0) is 22.1. The number of carbonyl (C=O) groups excluding carboxylic acids is 2. The third-order valence-electron chi connectivity index (χ3n) is 5.13. The van der Waals surface area contributed by atoms with Crippen LogP contribution in [0.1, 0.15) is 29.0 Å². The molecule has 0 saturated carbocycles. The van der Waals surface area contributed by atoms with Gasteiger partial charge in [0.25, 0.3) is 5.56 Å². The van der Waals surface area contributed by atoms with Crippen LogP contribution in [0.25, 0.3) is 0 Å². The van der Waals surface area contributed by atoms with Crippen LogP contribution in [0.3, 0.4) is 0 Å². The first kappa shape index (κ1) is 20.6. The highest BCUT2D eigenvalue weighted by atomic mass is 35.5. The lowest BCUT2D eigenvalue weighted by Gasteiger charge is -2.23. The fourth-order valence-corrected chi connectivity index (χ4v) is 3.60. The Balaban J connectivity index is 1.64. The van der Waals surface area contributed by atoms with Crippen LogP contribution >= 0.6 is 11.6 Å². The number of amides is 2. The van der Waals surface area contributed by atoms with Gasteiger partial charge in [-0.15, -0.1) is 0 Å². The van der Waals surface area contributed by atoms with Crippen molar-refractivity contribution in [2.45, 2.75) is 26.2 Å². The third kappa shape index (κ3) is 4.44. The summed E-state index contributed by atoms with van der Waals surface area (Å²) in [4.78, 5) is 44.9. The molecule has 1 unspecified atom stereocenters. The van der Waals surface area contributed by atoms with Crippen LogP contribution in [0.5, 0.6) is 0 Å². The molecule has 0 spiro atoms. The highest BCUT2D eigenvalue weighted by Gasteiger charge is 2.34. The van der Waals surface area contributed by atoms with Crippen molar-refractivity contribution in [2.24, 2.45) is 0 Å². The molecule has 0 fully saturated rings. The van der Waals surface area contributed by atoms with Crippen LogP contribution in [0.4, 0.5) is 23.1 Å². The van der Waals surface area contributed by atoms with E-state index in [0.29, 0.717) is 16.4 Å². The molecule has 4 N–H and O–H groups in total. The van der Waals surface area contributed by atoms with Gasteiger partial charge in [-0.25, -0.2) is 0 Å². The summed E-state index contributed by atoms with van der Waals surface area (Å²) in [5.41, 5.74) is 2.95. The Morgan fingerprint density at radius 2 is 1.90 bits per heavy atom. The van der Waals surface area contributed by atoms with Gasteiger partial charge in [-0.05, 0) is 55.3 Å². The first-order valence-corrected chi connectivity index (χ1v) is 10.0. The molecule has 0 aliphatic carbocycles. The molecular weight excluding hydrogens is 418 g/mol. The summed E-state index contributed by atoms with van der Waals surface area (Å²) >= 11 is 5.98. The molecule has 0 bridgehead atoms. The average Bonchev–Trinajstić information content (AvgIpc) is 2.70. The molecule has 1 aliphatic heterocycles. The van der Waals surface area contributed by atoms with Crippen molar-refractivity contribution >= 4 is 46.6 Å². The highest BCUT2D eigenvalue weighted by molar-refractivity contribution is 6.30. The standard InChI is InChI=1S/C22H20ClN5O3/c1-11-6-7-15(8-12(11)2)24-20(30)16-10-17(29)26-19-18(16)21(31)28-22(27-19)25-14-5-3-4-13(23)9-14/h3-9,16H,10H2,1-2H3,(H,24,30)(H3,25,26,27,28,29,31). The van der Waals surface area contributed by atoms with Crippen LogP contribution in [0.15, 0.2) is 47.3 Å². The molecule has 8 nitrogen and oxygen atoms in total. The van der Waals surface area contributed by atoms with Crippen LogP contribution < -0.4 is 21.5 Å². The maximum Gasteiger partial charge on any atom is 0.258 e. The molecular formula is C22H20ClN5O3. The average molecular weight is 438 g/mol. The molecule has 2 heterocycles. The maximum atomic E-state index is 12.9. The van der Waals surface area contributed by atoms with Gasteiger partial charge in [-0.2, -0.15) is 4.98 Å². The lowest BCUT2D eigenvalue weighted by atomic mass is 9.92. The summed E-state index contributed by atoms with van der Waals surface area (Å²) in [5.74, 6) is -1.60. The minimum absolute atomic E-state index is 0.0600. The van der Waals surface area contributed by atoms with Gasteiger partial charge in [-0.3, -0.25) is 19.4 Å². The molecule has 158 valence electrons. The number of halogens is 1. The number of hydrogen-bond acceptors (Lipinski definition) is 5. The third-order valence-corrected chi connectivity index (χ3v) is 5.36. The van der Waals surface area contributed by atoms with E-state index in [1.165, 1.54) is 0 Å². The summed E-state index contributed by atoms with van der Waals surface area (Å²) in [6.07, 6.45) is -0.143. The van der Waals surface area contributed by atoms with Gasteiger partial charge in [0.1, 0.15) is 5.82 Å². The number of nitrogens with one attached hydrogen (secondary N) is 4. The van der Waals surface area contributed by atoms with Gasteiger partial charge < -0.3 is 16.0 Å². The van der Waals surface area contributed by atoms with E-state index in [1.54, 1.807) is 30.3 Å². The summed E-state index contributed by atoms with van der Waals surface area (Å²) in [6, 6.07) is 12.4. The first-order chi connectivity index (χ1) is 14.8. The van der Waals surface area contributed by atoms with E-state index in [9.17, 15) is 14.4 Å². The van der Waals surface area contributed by atoms with Crippen LogP contribution in [-0.2, 0) is 9.59 Å². The number of rotatable bonds is 4. The lowest BCUT2D eigenvalue weighted by molar-refractivity contribution is -0.123. The number of anilines is 4. The van der Waals surface area contributed by atoms with Crippen molar-refractivity contribution in [3.05, 3.63) is 74.5 Å². The Hall–Kier alpha value is -3.65. The molecule has 1 aliphatic rings. The van der Waals surface area contributed by atoms with Crippen LogP contribution in [0, 0.1) is 13.8 Å². The zero-order valence-corrected chi connectivity index (χ0v) is 17.6. The van der Waals surface area contributed by atoms with Crippen molar-refractivity contribution in [1.29, 1.82) is 0 Å². The Bertz CT molecular complexity index is 1250. The number of H-pyrrole nitrogens is 1. The lowest BCUT2D eigenvalue weighted by Crippen LogP contribution is -2.36. The molecule has 0 radical (unpaired) electrons. The van der Waals surface area contributed by atoms with Gasteiger partial charge in [0.2, 0.25) is 17.8 Å². The predicted molar refractivity (Wildman–Crippen MR) is 120 cm³/mol. The topological polar surface area (TPSA) is 116 Å². The van der Waals surface area contributed by atoms with E-state index in [2.05, 4.69) is 25.9 Å². The first-order valence-electron chi connectivity index (χ1n) is 9.65. The van der Waals surface area contributed by atoms with E-state index in [0.717, 1.165) is 11.1 Å². The predicted octanol–water partition coefficient (Wildman–Crippen LogP) is 3.85. The van der Waals surface area contributed by atoms with Crippen molar-refractivity contribution in [2.75, 3.05) is 16.0 Å². The molecule has 1 aromatic heterocycles. The minimum Gasteiger partial charge on any atom is -0.326 e. The second kappa shape index (κ2) is 8.23. The molecule has 1 atom stereocenters. The van der Waals surface area contributed by atoms with E-state index < -0.39 is 17.4 Å². The summed E-state index contributed by atoms with van der Waals surface area (Å²) in [5, 5.41) is 8.85. The zero-order valence-electron chi connectivity index (χ0n) is 16.9.